The van der Waals surface area contributed by atoms with Crippen LogP contribution in [0.2, 0.25) is 0 Å². The average Bonchev–Trinajstić information content (AvgIpc) is 3.24. The number of hydrogen-bond acceptors (Lipinski definition) is 7. The van der Waals surface area contributed by atoms with Gasteiger partial charge in [-0.25, -0.2) is 14.4 Å². The van der Waals surface area contributed by atoms with E-state index < -0.39 is 0 Å². The van der Waals surface area contributed by atoms with E-state index in [0.29, 0.717) is 40.5 Å². The fourth-order valence-electron chi connectivity index (χ4n) is 4.04. The molecule has 1 saturated heterocycles. The minimum Gasteiger partial charge on any atom is -0.355 e. The van der Waals surface area contributed by atoms with Crippen molar-refractivity contribution in [3.63, 3.8) is 0 Å². The number of aryl methyl sites for hydroxylation is 1. The van der Waals surface area contributed by atoms with E-state index in [1.54, 1.807) is 18.2 Å². The largest absolute Gasteiger partial charge is 0.355 e. The van der Waals surface area contributed by atoms with Crippen LogP contribution >= 0.6 is 0 Å². The Morgan fingerprint density at radius 3 is 2.84 bits per heavy atom. The van der Waals surface area contributed by atoms with Crippen molar-refractivity contribution in [2.24, 2.45) is 5.92 Å². The summed E-state index contributed by atoms with van der Waals surface area (Å²) in [6.07, 6.45) is 3.04. The summed E-state index contributed by atoms with van der Waals surface area (Å²) in [5.74, 6) is 0.592. The zero-order valence-electron chi connectivity index (χ0n) is 17.5. The molecule has 5 rings (SSSR count). The van der Waals surface area contributed by atoms with E-state index in [4.69, 9.17) is 4.52 Å². The molecule has 4 aromatic rings. The normalized spacial score (nSPS) is 16.3. The summed E-state index contributed by atoms with van der Waals surface area (Å²) < 4.78 is 18.8. The van der Waals surface area contributed by atoms with Crippen LogP contribution in [0.4, 0.5) is 16.0 Å². The van der Waals surface area contributed by atoms with Crippen molar-refractivity contribution in [3.8, 4) is 11.3 Å². The fourth-order valence-corrected chi connectivity index (χ4v) is 4.04. The summed E-state index contributed by atoms with van der Waals surface area (Å²) in [6, 6.07) is 11.6. The Bertz CT molecular complexity index is 1270. The molecule has 0 aliphatic carbocycles. The molecule has 4 heterocycles. The van der Waals surface area contributed by atoms with Crippen molar-refractivity contribution in [1.29, 1.82) is 0 Å². The first-order valence-electron chi connectivity index (χ1n) is 10.4. The van der Waals surface area contributed by atoms with Gasteiger partial charge in [0.15, 0.2) is 0 Å². The third-order valence-corrected chi connectivity index (χ3v) is 5.60. The lowest BCUT2D eigenvalue weighted by atomic mass is 9.96. The molecule has 0 saturated carbocycles. The van der Waals surface area contributed by atoms with E-state index in [2.05, 4.69) is 30.3 Å². The number of rotatable bonds is 4. The number of halogens is 1. The molecule has 1 aromatic carbocycles. The van der Waals surface area contributed by atoms with E-state index in [1.165, 1.54) is 18.5 Å². The molecule has 1 aliphatic rings. The number of carbonyl (C=O) groups is 1. The monoisotopic (exact) mass is 432 g/mol. The predicted octanol–water partition coefficient (Wildman–Crippen LogP) is 3.98. The molecule has 0 spiro atoms. The van der Waals surface area contributed by atoms with Gasteiger partial charge < -0.3 is 14.7 Å². The highest BCUT2D eigenvalue weighted by atomic mass is 19.1. The summed E-state index contributed by atoms with van der Waals surface area (Å²) >= 11 is 0. The highest BCUT2D eigenvalue weighted by molar-refractivity contribution is 5.98. The van der Waals surface area contributed by atoms with Crippen LogP contribution in [0.25, 0.3) is 22.4 Å². The lowest BCUT2D eigenvalue weighted by Crippen LogP contribution is -2.41. The van der Waals surface area contributed by atoms with Crippen LogP contribution in [0, 0.1) is 18.7 Å². The van der Waals surface area contributed by atoms with Gasteiger partial charge in [0.25, 0.3) is 5.71 Å². The van der Waals surface area contributed by atoms with Gasteiger partial charge >= 0.3 is 0 Å². The van der Waals surface area contributed by atoms with Crippen molar-refractivity contribution in [3.05, 3.63) is 60.3 Å². The SMILES string of the molecule is Cc1cccc(NC(=O)[C@H]2CCCN(c3ncnc4onc(-c5ccc(F)cc5)c34)C2)n1. The number of carbonyl (C=O) groups excluding carboxylic acids is 1. The van der Waals surface area contributed by atoms with E-state index in [9.17, 15) is 9.18 Å². The van der Waals surface area contributed by atoms with Crippen molar-refractivity contribution < 1.29 is 13.7 Å². The van der Waals surface area contributed by atoms with Crippen LogP contribution in [0.3, 0.4) is 0 Å². The standard InChI is InChI=1S/C23H21FN6O2/c1-14-4-2-6-18(27-14)28-22(31)16-5-3-11-30(12-16)21-19-20(15-7-9-17(24)10-8-15)29-32-23(19)26-13-25-21/h2,4,6-10,13,16H,3,5,11-12H2,1H3,(H,27,28,31)/t16-/m0/s1. The van der Waals surface area contributed by atoms with Gasteiger partial charge in [0.2, 0.25) is 5.91 Å². The Morgan fingerprint density at radius 1 is 1.19 bits per heavy atom. The number of anilines is 2. The number of fused-ring (bicyclic) bond motifs is 1. The second kappa shape index (κ2) is 8.33. The van der Waals surface area contributed by atoms with Gasteiger partial charge in [-0.2, -0.15) is 4.98 Å². The molecule has 162 valence electrons. The van der Waals surface area contributed by atoms with Gasteiger partial charge in [0, 0.05) is 24.3 Å². The van der Waals surface area contributed by atoms with E-state index in [1.807, 2.05) is 19.1 Å². The first-order valence-corrected chi connectivity index (χ1v) is 10.4. The number of nitrogens with one attached hydrogen (secondary N) is 1. The molecule has 1 fully saturated rings. The van der Waals surface area contributed by atoms with Gasteiger partial charge in [-0.05, 0) is 56.2 Å². The minimum atomic E-state index is -0.328. The summed E-state index contributed by atoms with van der Waals surface area (Å²) in [6.45, 7) is 3.13. The number of pyridine rings is 1. The third kappa shape index (κ3) is 3.89. The highest BCUT2D eigenvalue weighted by Crippen LogP contribution is 2.35. The zero-order valence-corrected chi connectivity index (χ0v) is 17.5. The summed E-state index contributed by atoms with van der Waals surface area (Å²) in [4.78, 5) is 28.0. The Kier molecular flexibility index (Phi) is 5.22. The second-order valence-corrected chi connectivity index (χ2v) is 7.85. The molecule has 0 bridgehead atoms. The summed E-state index contributed by atoms with van der Waals surface area (Å²) in [5, 5.41) is 7.73. The highest BCUT2D eigenvalue weighted by Gasteiger charge is 2.29. The quantitative estimate of drug-likeness (QED) is 0.521. The van der Waals surface area contributed by atoms with E-state index in [-0.39, 0.29) is 17.6 Å². The maximum Gasteiger partial charge on any atom is 0.263 e. The maximum absolute atomic E-state index is 13.4. The molecule has 1 atom stereocenters. The fraction of sp³-hybridized carbons (Fsp3) is 0.261. The summed E-state index contributed by atoms with van der Waals surface area (Å²) in [7, 11) is 0. The van der Waals surface area contributed by atoms with Crippen molar-refractivity contribution in [2.45, 2.75) is 19.8 Å². The molecule has 0 radical (unpaired) electrons. The van der Waals surface area contributed by atoms with Crippen LogP contribution in [0.5, 0.6) is 0 Å². The molecule has 3 aromatic heterocycles. The van der Waals surface area contributed by atoms with Crippen LogP contribution in [0.1, 0.15) is 18.5 Å². The van der Waals surface area contributed by atoms with Crippen LogP contribution in [-0.2, 0) is 4.79 Å². The molecular formula is C23H21FN6O2. The molecule has 8 nitrogen and oxygen atoms in total. The smallest absolute Gasteiger partial charge is 0.263 e. The average molecular weight is 432 g/mol. The van der Waals surface area contributed by atoms with Gasteiger partial charge in [-0.15, -0.1) is 0 Å². The number of amides is 1. The number of nitrogens with zero attached hydrogens (tertiary/aromatic N) is 5. The maximum atomic E-state index is 13.4. The Labute approximate surface area is 183 Å². The van der Waals surface area contributed by atoms with Crippen molar-refractivity contribution >= 4 is 28.6 Å². The Morgan fingerprint density at radius 2 is 2.03 bits per heavy atom. The third-order valence-electron chi connectivity index (χ3n) is 5.60. The van der Waals surface area contributed by atoms with Crippen molar-refractivity contribution in [2.75, 3.05) is 23.3 Å². The number of benzene rings is 1. The molecule has 0 unspecified atom stereocenters. The first kappa shape index (κ1) is 20.0. The van der Waals surface area contributed by atoms with Gasteiger partial charge in [0.05, 0.1) is 5.92 Å². The number of aromatic nitrogens is 4. The minimum absolute atomic E-state index is 0.0674. The lowest BCUT2D eigenvalue weighted by Gasteiger charge is -2.33. The van der Waals surface area contributed by atoms with Gasteiger partial charge in [0.1, 0.15) is 34.9 Å². The van der Waals surface area contributed by atoms with E-state index in [0.717, 1.165) is 25.1 Å². The van der Waals surface area contributed by atoms with Crippen LogP contribution in [0.15, 0.2) is 53.3 Å². The lowest BCUT2D eigenvalue weighted by molar-refractivity contribution is -0.120. The number of hydrogen-bond donors (Lipinski definition) is 1. The second-order valence-electron chi connectivity index (χ2n) is 7.85. The molecular weight excluding hydrogens is 411 g/mol. The van der Waals surface area contributed by atoms with Crippen LogP contribution < -0.4 is 10.2 Å². The topological polar surface area (TPSA) is 97.0 Å². The van der Waals surface area contributed by atoms with Gasteiger partial charge in [-0.1, -0.05) is 11.2 Å². The van der Waals surface area contributed by atoms with E-state index >= 15 is 0 Å². The molecule has 32 heavy (non-hydrogen) atoms. The molecule has 1 N–H and O–H groups in total. The van der Waals surface area contributed by atoms with Gasteiger partial charge in [-0.3, -0.25) is 4.79 Å². The summed E-state index contributed by atoms with van der Waals surface area (Å²) in [5.41, 5.74) is 2.45. The Hall–Kier alpha value is -3.88. The predicted molar refractivity (Wildman–Crippen MR) is 118 cm³/mol. The number of piperidine rings is 1. The molecule has 1 amide bonds. The molecule has 1 aliphatic heterocycles. The zero-order chi connectivity index (χ0) is 22.1. The Balaban J connectivity index is 1.43. The molecule has 9 heteroatoms. The first-order chi connectivity index (χ1) is 15.6. The van der Waals surface area contributed by atoms with Crippen molar-refractivity contribution in [1.82, 2.24) is 20.1 Å². The van der Waals surface area contributed by atoms with Crippen LogP contribution in [-0.4, -0.2) is 39.1 Å².